The highest BCUT2D eigenvalue weighted by molar-refractivity contribution is 6.31. The highest BCUT2D eigenvalue weighted by Gasteiger charge is 1.98. The van der Waals surface area contributed by atoms with E-state index in [4.69, 9.17) is 11.6 Å². The molecule has 0 saturated heterocycles. The number of allylic oxidation sites excluding steroid dienone is 5. The van der Waals surface area contributed by atoms with Crippen LogP contribution in [0, 0.1) is 5.92 Å². The van der Waals surface area contributed by atoms with E-state index in [-0.39, 0.29) is 0 Å². The van der Waals surface area contributed by atoms with Crippen LogP contribution in [0.5, 0.6) is 0 Å². The van der Waals surface area contributed by atoms with Gasteiger partial charge in [0.2, 0.25) is 0 Å². The lowest BCUT2D eigenvalue weighted by molar-refractivity contribution is 0.698. The van der Waals surface area contributed by atoms with Crippen molar-refractivity contribution in [3.63, 3.8) is 0 Å². The minimum Gasteiger partial charge on any atom is -0.0850 e. The third-order valence-corrected chi connectivity index (χ3v) is 2.78. The molecule has 1 aromatic rings. The van der Waals surface area contributed by atoms with Crippen molar-refractivity contribution in [3.8, 4) is 0 Å². The summed E-state index contributed by atoms with van der Waals surface area (Å²) in [5, 5.41) is 0.553. The maximum Gasteiger partial charge on any atom is 0.0340 e. The Kier molecular flexibility index (Phi) is 5.79. The van der Waals surface area contributed by atoms with Crippen LogP contribution >= 0.6 is 11.6 Å². The van der Waals surface area contributed by atoms with Gasteiger partial charge in [-0.3, -0.25) is 0 Å². The van der Waals surface area contributed by atoms with E-state index in [1.54, 1.807) is 0 Å². The van der Waals surface area contributed by atoms with E-state index in [1.165, 1.54) is 0 Å². The molecule has 0 aliphatic rings. The van der Waals surface area contributed by atoms with Crippen LogP contribution in [0.1, 0.15) is 25.8 Å². The predicted octanol–water partition coefficient (Wildman–Crippen LogP) is 5.42. The SMILES string of the molecule is C=C(Cl)/C=C(\C=C/C(C)CC)c1ccccc1. The van der Waals surface area contributed by atoms with Crippen LogP contribution in [0.15, 0.2) is 60.2 Å². The summed E-state index contributed by atoms with van der Waals surface area (Å²) >= 11 is 5.87. The van der Waals surface area contributed by atoms with E-state index >= 15 is 0 Å². The highest BCUT2D eigenvalue weighted by Crippen LogP contribution is 2.20. The quantitative estimate of drug-likeness (QED) is 0.608. The normalized spacial score (nSPS) is 13.9. The van der Waals surface area contributed by atoms with Gasteiger partial charge in [-0.2, -0.15) is 0 Å². The summed E-state index contributed by atoms with van der Waals surface area (Å²) in [5.41, 5.74) is 2.26. The Balaban J connectivity index is 2.98. The van der Waals surface area contributed by atoms with E-state index in [9.17, 15) is 0 Å². The molecule has 0 heterocycles. The molecule has 0 aliphatic heterocycles. The fraction of sp³-hybridized carbons (Fsp3) is 0.250. The largest absolute Gasteiger partial charge is 0.0850 e. The Hall–Kier alpha value is -1.27. The second kappa shape index (κ2) is 7.13. The summed E-state index contributed by atoms with van der Waals surface area (Å²) in [5.74, 6) is 0.575. The van der Waals surface area contributed by atoms with Gasteiger partial charge in [0, 0.05) is 5.03 Å². The van der Waals surface area contributed by atoms with Crippen LogP contribution in [0.3, 0.4) is 0 Å². The van der Waals surface area contributed by atoms with Gasteiger partial charge < -0.3 is 0 Å². The maximum atomic E-state index is 5.87. The summed E-state index contributed by atoms with van der Waals surface area (Å²) in [6.45, 7) is 8.11. The van der Waals surface area contributed by atoms with Gasteiger partial charge in [-0.15, -0.1) is 0 Å². The number of hydrogen-bond donors (Lipinski definition) is 0. The molecule has 1 aromatic carbocycles. The molecule has 0 radical (unpaired) electrons. The topological polar surface area (TPSA) is 0 Å². The molecule has 0 N–H and O–H groups in total. The van der Waals surface area contributed by atoms with Crippen molar-refractivity contribution >= 4 is 17.2 Å². The first-order chi connectivity index (χ1) is 8.13. The van der Waals surface area contributed by atoms with Crippen molar-refractivity contribution in [1.29, 1.82) is 0 Å². The van der Waals surface area contributed by atoms with Gasteiger partial charge >= 0.3 is 0 Å². The molecule has 0 amide bonds. The average Bonchev–Trinajstić information content (AvgIpc) is 2.34. The van der Waals surface area contributed by atoms with Crippen molar-refractivity contribution in [2.45, 2.75) is 20.3 Å². The Morgan fingerprint density at radius 2 is 2.00 bits per heavy atom. The number of rotatable bonds is 5. The predicted molar refractivity (Wildman–Crippen MR) is 78.0 cm³/mol. The summed E-state index contributed by atoms with van der Waals surface area (Å²) in [4.78, 5) is 0. The zero-order chi connectivity index (χ0) is 12.7. The fourth-order valence-electron chi connectivity index (χ4n) is 1.43. The number of benzene rings is 1. The summed E-state index contributed by atoms with van der Waals surface area (Å²) in [6, 6.07) is 10.2. The first-order valence-corrected chi connectivity index (χ1v) is 6.31. The lowest BCUT2D eigenvalue weighted by Gasteiger charge is -2.04. The lowest BCUT2D eigenvalue weighted by atomic mass is 10.0. The molecule has 90 valence electrons. The molecule has 0 aromatic heterocycles. The van der Waals surface area contributed by atoms with Gasteiger partial charge in [0.1, 0.15) is 0 Å². The molecule has 0 aliphatic carbocycles. The Morgan fingerprint density at radius 3 is 2.53 bits per heavy atom. The fourth-order valence-corrected chi connectivity index (χ4v) is 1.55. The van der Waals surface area contributed by atoms with Gasteiger partial charge in [-0.1, -0.05) is 80.9 Å². The van der Waals surface area contributed by atoms with Gasteiger partial charge in [0.05, 0.1) is 0 Å². The van der Waals surface area contributed by atoms with Gasteiger partial charge in [0.15, 0.2) is 0 Å². The molecule has 1 unspecified atom stereocenters. The molecule has 17 heavy (non-hydrogen) atoms. The zero-order valence-electron chi connectivity index (χ0n) is 10.5. The summed E-state index contributed by atoms with van der Waals surface area (Å²) < 4.78 is 0. The number of halogens is 1. The minimum atomic E-state index is 0.553. The van der Waals surface area contributed by atoms with Crippen LogP contribution in [0.4, 0.5) is 0 Å². The zero-order valence-corrected chi connectivity index (χ0v) is 11.2. The van der Waals surface area contributed by atoms with Crippen LogP contribution < -0.4 is 0 Å². The smallest absolute Gasteiger partial charge is 0.0340 e. The number of hydrogen-bond acceptors (Lipinski definition) is 0. The Labute approximate surface area is 109 Å². The molecule has 1 heteroatoms. The van der Waals surface area contributed by atoms with Crippen molar-refractivity contribution in [2.24, 2.45) is 5.92 Å². The molecule has 0 nitrogen and oxygen atoms in total. The molecule has 1 atom stereocenters. The van der Waals surface area contributed by atoms with E-state index in [0.29, 0.717) is 11.0 Å². The van der Waals surface area contributed by atoms with E-state index < -0.39 is 0 Å². The van der Waals surface area contributed by atoms with Gasteiger partial charge in [-0.05, 0) is 23.1 Å². The molecule has 0 bridgehead atoms. The third kappa shape index (κ3) is 5.06. The molecular formula is C16H19Cl. The molecule has 1 rings (SSSR count). The second-order valence-electron chi connectivity index (χ2n) is 4.16. The van der Waals surface area contributed by atoms with Crippen LogP contribution in [0.2, 0.25) is 0 Å². The van der Waals surface area contributed by atoms with Crippen LogP contribution in [-0.2, 0) is 0 Å². The Morgan fingerprint density at radius 1 is 1.35 bits per heavy atom. The van der Waals surface area contributed by atoms with Crippen molar-refractivity contribution in [2.75, 3.05) is 0 Å². The van der Waals surface area contributed by atoms with Crippen molar-refractivity contribution < 1.29 is 0 Å². The van der Waals surface area contributed by atoms with Crippen LogP contribution in [0.25, 0.3) is 5.57 Å². The van der Waals surface area contributed by atoms with Crippen LogP contribution in [-0.4, -0.2) is 0 Å². The second-order valence-corrected chi connectivity index (χ2v) is 4.64. The average molecular weight is 247 g/mol. The standard InChI is InChI=1S/C16H19Cl/c1-4-13(2)10-11-16(12-14(3)17)15-8-6-5-7-9-15/h5-13H,3-4H2,1-2H3/b11-10-,16-12+. The first-order valence-electron chi connectivity index (χ1n) is 5.93. The minimum absolute atomic E-state index is 0.553. The first kappa shape index (κ1) is 13.8. The summed E-state index contributed by atoms with van der Waals surface area (Å²) in [7, 11) is 0. The van der Waals surface area contributed by atoms with E-state index in [2.05, 4.69) is 44.7 Å². The Bertz CT molecular complexity index is 412. The molecule has 0 fully saturated rings. The van der Waals surface area contributed by atoms with Crippen molar-refractivity contribution in [1.82, 2.24) is 0 Å². The molecular weight excluding hydrogens is 228 g/mol. The monoisotopic (exact) mass is 246 g/mol. The van der Waals surface area contributed by atoms with E-state index in [1.807, 2.05) is 24.3 Å². The lowest BCUT2D eigenvalue weighted by Crippen LogP contribution is -1.86. The highest BCUT2D eigenvalue weighted by atomic mass is 35.5. The van der Waals surface area contributed by atoms with E-state index in [0.717, 1.165) is 17.6 Å². The van der Waals surface area contributed by atoms with Gasteiger partial charge in [-0.25, -0.2) is 0 Å². The molecule has 0 spiro atoms. The maximum absolute atomic E-state index is 5.87. The van der Waals surface area contributed by atoms with Gasteiger partial charge in [0.25, 0.3) is 0 Å². The third-order valence-electron chi connectivity index (χ3n) is 2.67. The van der Waals surface area contributed by atoms with Crippen molar-refractivity contribution in [3.05, 3.63) is 65.7 Å². The summed E-state index contributed by atoms with van der Waals surface area (Å²) in [6.07, 6.45) is 7.37. The molecule has 0 saturated carbocycles.